The number of nitrogens with one attached hydrogen (secondary N) is 1. The Hall–Kier alpha value is -3.37. The fourth-order valence-electron chi connectivity index (χ4n) is 5.43. The number of anilines is 2. The van der Waals surface area contributed by atoms with E-state index in [1.165, 1.54) is 27.7 Å². The van der Waals surface area contributed by atoms with Gasteiger partial charge in [0.1, 0.15) is 48.5 Å². The summed E-state index contributed by atoms with van der Waals surface area (Å²) in [6, 6.07) is 1.36. The molecule has 9 N–H and O–H groups in total. The van der Waals surface area contributed by atoms with E-state index in [0.29, 0.717) is 0 Å². The van der Waals surface area contributed by atoms with Crippen LogP contribution in [0.3, 0.4) is 0 Å². The zero-order chi connectivity index (χ0) is 31.8. The number of phosphoric acid groups is 2. The topological polar surface area (TPSA) is 317 Å². The number of fused-ring (bicyclic) bond motifs is 5. The van der Waals surface area contributed by atoms with E-state index in [1.54, 1.807) is 0 Å². The van der Waals surface area contributed by atoms with E-state index in [0.717, 1.165) is 6.33 Å². The highest BCUT2D eigenvalue weighted by Gasteiger charge is 2.53. The molecule has 4 aromatic rings. The molecule has 7 rings (SSSR count). The van der Waals surface area contributed by atoms with Crippen LogP contribution in [0.5, 0.6) is 0 Å². The largest absolute Gasteiger partial charge is 0.472 e. The first-order valence-corrected chi connectivity index (χ1v) is 16.1. The van der Waals surface area contributed by atoms with E-state index in [2.05, 4.69) is 24.9 Å². The van der Waals surface area contributed by atoms with Crippen molar-refractivity contribution in [2.24, 2.45) is 0 Å². The van der Waals surface area contributed by atoms with Crippen molar-refractivity contribution >= 4 is 49.6 Å². The van der Waals surface area contributed by atoms with Gasteiger partial charge in [0, 0.05) is 6.20 Å². The van der Waals surface area contributed by atoms with E-state index in [4.69, 9.17) is 39.0 Å². The summed E-state index contributed by atoms with van der Waals surface area (Å²) >= 11 is 0. The van der Waals surface area contributed by atoms with Gasteiger partial charge in [-0.2, -0.15) is 4.98 Å². The van der Waals surface area contributed by atoms with E-state index >= 15 is 0 Å². The first kappa shape index (κ1) is 30.3. The highest BCUT2D eigenvalue weighted by Crippen LogP contribution is 2.53. The molecule has 2 bridgehead atoms. The number of aliphatic hydroxyl groups excluding tert-OH is 2. The summed E-state index contributed by atoms with van der Waals surface area (Å²) in [6.07, 6.45) is -8.76. The number of nitrogens with zero attached hydrogens (tertiary/aromatic N) is 6. The van der Waals surface area contributed by atoms with Crippen LogP contribution in [0.15, 0.2) is 29.7 Å². The summed E-state index contributed by atoms with van der Waals surface area (Å²) < 4.78 is 61.3. The minimum absolute atomic E-state index is 0.0177. The van der Waals surface area contributed by atoms with Gasteiger partial charge in [-0.15, -0.1) is 0 Å². The number of imidazole rings is 1. The Morgan fingerprint density at radius 2 is 1.58 bits per heavy atom. The summed E-state index contributed by atoms with van der Waals surface area (Å²) in [6.45, 7) is -1.62. The number of aromatic nitrogens is 7. The standard InChI is InChI=1S/C21H25N9O13P2/c22-15-10-17(25-5-24-15)30(6-26-10)19-12(32)13-9(41-19)4-39-45(36,37)43-14-11(31)8(3-38-44(34,35)42-13)40-20(14)29-2-1-7-16(29)27-21(23)28-18(7)33/h1-2,5-6,8-9,11-14,19-20,31-32H,3-4H2,(H,34,35)(H,36,37)(H2,22,24,25)(H3,23,27,28,33)/t8-,9-,11+,12+,13?,14?,19-,20-/m1/s1. The summed E-state index contributed by atoms with van der Waals surface area (Å²) in [7, 11) is -10.1. The van der Waals surface area contributed by atoms with Crippen LogP contribution in [-0.2, 0) is 36.7 Å². The highest BCUT2D eigenvalue weighted by molar-refractivity contribution is 7.47. The summed E-state index contributed by atoms with van der Waals surface area (Å²) in [5, 5.41) is 22.2. The maximum atomic E-state index is 13.2. The molecular formula is C21H25N9O13P2. The van der Waals surface area contributed by atoms with Crippen molar-refractivity contribution in [1.29, 1.82) is 0 Å². The van der Waals surface area contributed by atoms with Gasteiger partial charge in [-0.25, -0.2) is 24.1 Å². The average Bonchev–Trinajstić information content (AvgIpc) is 3.72. The van der Waals surface area contributed by atoms with E-state index < -0.39 is 83.5 Å². The highest BCUT2D eigenvalue weighted by atomic mass is 31.2. The van der Waals surface area contributed by atoms with Gasteiger partial charge in [0.25, 0.3) is 5.56 Å². The fourth-order valence-corrected chi connectivity index (χ4v) is 7.33. The van der Waals surface area contributed by atoms with Crippen molar-refractivity contribution in [1.82, 2.24) is 34.1 Å². The molecule has 3 saturated heterocycles. The van der Waals surface area contributed by atoms with Crippen LogP contribution in [0.25, 0.3) is 22.2 Å². The van der Waals surface area contributed by atoms with Crippen LogP contribution in [0.4, 0.5) is 11.8 Å². The molecule has 45 heavy (non-hydrogen) atoms. The van der Waals surface area contributed by atoms with E-state index in [1.807, 2.05) is 0 Å². The number of H-pyrrole nitrogens is 1. The van der Waals surface area contributed by atoms with E-state index in [-0.39, 0.29) is 34.0 Å². The van der Waals surface area contributed by atoms with Gasteiger partial charge in [0.2, 0.25) is 5.95 Å². The lowest BCUT2D eigenvalue weighted by molar-refractivity contribution is -0.0670. The Labute approximate surface area is 249 Å². The second-order valence-electron chi connectivity index (χ2n) is 10.3. The molecule has 242 valence electrons. The molecule has 0 aliphatic carbocycles. The molecule has 24 heteroatoms. The summed E-state index contributed by atoms with van der Waals surface area (Å²) in [4.78, 5) is 52.1. The van der Waals surface area contributed by atoms with Crippen molar-refractivity contribution in [3.8, 4) is 0 Å². The second-order valence-corrected chi connectivity index (χ2v) is 13.1. The number of aliphatic hydroxyl groups is 2. The molecule has 10 atom stereocenters. The van der Waals surface area contributed by atoms with Gasteiger partial charge < -0.3 is 45.5 Å². The third-order valence-electron chi connectivity index (χ3n) is 7.47. The van der Waals surface area contributed by atoms with Crippen molar-refractivity contribution in [2.45, 2.75) is 49.1 Å². The minimum Gasteiger partial charge on any atom is -0.387 e. The number of nitrogen functional groups attached to an aromatic ring is 2. The van der Waals surface area contributed by atoms with Gasteiger partial charge in [-0.05, 0) is 6.07 Å². The van der Waals surface area contributed by atoms with Crippen LogP contribution < -0.4 is 17.0 Å². The van der Waals surface area contributed by atoms with Crippen molar-refractivity contribution < 1.29 is 56.7 Å². The number of hydrogen-bond acceptors (Lipinski definition) is 17. The van der Waals surface area contributed by atoms with Crippen LogP contribution in [-0.4, -0.2) is 104 Å². The normalized spacial score (nSPS) is 37.7. The van der Waals surface area contributed by atoms with Crippen LogP contribution in [0.1, 0.15) is 12.5 Å². The molecule has 3 aliphatic heterocycles. The fraction of sp³-hybridized carbons (Fsp3) is 0.476. The molecular weight excluding hydrogens is 648 g/mol. The molecule has 3 fully saturated rings. The molecule has 0 radical (unpaired) electrons. The summed E-state index contributed by atoms with van der Waals surface area (Å²) in [5.41, 5.74) is 11.2. The molecule has 4 unspecified atom stereocenters. The zero-order valence-corrected chi connectivity index (χ0v) is 24.3. The number of ether oxygens (including phenoxy) is 2. The Morgan fingerprint density at radius 3 is 2.33 bits per heavy atom. The predicted octanol–water partition coefficient (Wildman–Crippen LogP) is -1.74. The molecule has 0 aromatic carbocycles. The number of nitrogens with two attached hydrogens (primary N) is 2. The Balaban J connectivity index is 1.21. The molecule has 0 amide bonds. The predicted molar refractivity (Wildman–Crippen MR) is 146 cm³/mol. The lowest BCUT2D eigenvalue weighted by atomic mass is 10.1. The first-order valence-electron chi connectivity index (χ1n) is 13.1. The van der Waals surface area contributed by atoms with Crippen molar-refractivity contribution in [3.05, 3.63) is 35.3 Å². The van der Waals surface area contributed by atoms with Gasteiger partial charge in [0.15, 0.2) is 29.6 Å². The summed E-state index contributed by atoms with van der Waals surface area (Å²) in [5.74, 6) is -0.206. The molecule has 0 saturated carbocycles. The number of rotatable bonds is 2. The average molecular weight is 673 g/mol. The van der Waals surface area contributed by atoms with Gasteiger partial charge in [-0.1, -0.05) is 0 Å². The molecule has 22 nitrogen and oxygen atoms in total. The monoisotopic (exact) mass is 673 g/mol. The molecule has 4 aromatic heterocycles. The Kier molecular flexibility index (Phi) is 7.32. The molecule has 7 heterocycles. The number of phosphoric ester groups is 2. The van der Waals surface area contributed by atoms with Gasteiger partial charge in [-0.3, -0.25) is 32.4 Å². The Bertz CT molecular complexity index is 1930. The number of aromatic amines is 1. The van der Waals surface area contributed by atoms with Crippen LogP contribution in [0.2, 0.25) is 0 Å². The molecule has 0 spiro atoms. The zero-order valence-electron chi connectivity index (χ0n) is 22.5. The maximum Gasteiger partial charge on any atom is 0.472 e. The van der Waals surface area contributed by atoms with E-state index in [9.17, 15) is 33.9 Å². The van der Waals surface area contributed by atoms with Crippen molar-refractivity contribution in [3.63, 3.8) is 0 Å². The lowest BCUT2D eigenvalue weighted by Gasteiger charge is -2.26. The smallest absolute Gasteiger partial charge is 0.387 e. The van der Waals surface area contributed by atoms with Crippen LogP contribution in [0, 0.1) is 0 Å². The van der Waals surface area contributed by atoms with Crippen LogP contribution >= 0.6 is 15.6 Å². The van der Waals surface area contributed by atoms with Gasteiger partial charge in [0.05, 0.1) is 24.9 Å². The third-order valence-corrected chi connectivity index (χ3v) is 9.44. The SMILES string of the molecule is Nc1nc2c(ccn2[C@@H]2O[C@@H]3COP(=O)(O)OC4[C@@H](COP(=O)(O)OC2[C@H]3O)O[C@@H](n2cnc3c(N)ncnc32)[C@H]4O)c(=O)[nH]1. The third kappa shape index (κ3) is 5.33. The maximum absolute atomic E-state index is 13.2. The first-order chi connectivity index (χ1) is 21.3. The van der Waals surface area contributed by atoms with Crippen molar-refractivity contribution in [2.75, 3.05) is 24.7 Å². The lowest BCUT2D eigenvalue weighted by Crippen LogP contribution is -2.36. The second kappa shape index (κ2) is 10.9. The Morgan fingerprint density at radius 1 is 0.889 bits per heavy atom. The number of hydrogen-bond donors (Lipinski definition) is 7. The minimum atomic E-state index is -5.09. The van der Waals surface area contributed by atoms with Gasteiger partial charge >= 0.3 is 15.6 Å². The quantitative estimate of drug-likeness (QED) is 0.116. The molecule has 3 aliphatic rings.